The van der Waals surface area contributed by atoms with E-state index in [1.807, 2.05) is 0 Å². The van der Waals surface area contributed by atoms with E-state index in [1.165, 1.54) is 4.31 Å². The molecular formula is C11H11BrN4O2S. The number of sulfonamides is 1. The minimum Gasteiger partial charge on any atom is -0.207 e. The van der Waals surface area contributed by atoms with Crippen LogP contribution in [-0.4, -0.2) is 40.8 Å². The number of benzene rings is 1. The Morgan fingerprint density at radius 1 is 1.16 bits per heavy atom. The van der Waals surface area contributed by atoms with Crippen LogP contribution in [0.5, 0.6) is 0 Å². The summed E-state index contributed by atoms with van der Waals surface area (Å²) in [5, 5.41) is 8.04. The lowest BCUT2D eigenvalue weighted by atomic mass is 10.2. The molecule has 3 rings (SSSR count). The lowest BCUT2D eigenvalue weighted by Crippen LogP contribution is -2.51. The molecule has 19 heavy (non-hydrogen) atoms. The second-order valence-electron chi connectivity index (χ2n) is 4.26. The van der Waals surface area contributed by atoms with Gasteiger partial charge in [-0.15, -0.1) is 0 Å². The summed E-state index contributed by atoms with van der Waals surface area (Å²) in [5.74, 6) is 0. The molecule has 0 atom stereocenters. The molecule has 2 heterocycles. The Kier molecular flexibility index (Phi) is 3.15. The van der Waals surface area contributed by atoms with Gasteiger partial charge in [0.05, 0.1) is 23.3 Å². The first kappa shape index (κ1) is 12.8. The van der Waals surface area contributed by atoms with E-state index in [-0.39, 0.29) is 6.04 Å². The zero-order valence-electron chi connectivity index (χ0n) is 9.85. The highest BCUT2D eigenvalue weighted by molar-refractivity contribution is 9.10. The first-order valence-corrected chi connectivity index (χ1v) is 7.93. The Morgan fingerprint density at radius 3 is 2.42 bits per heavy atom. The second kappa shape index (κ2) is 4.69. The van der Waals surface area contributed by atoms with Crippen molar-refractivity contribution in [2.45, 2.75) is 10.9 Å². The van der Waals surface area contributed by atoms with E-state index in [0.29, 0.717) is 22.5 Å². The molecule has 6 nitrogen and oxygen atoms in total. The van der Waals surface area contributed by atoms with Crippen LogP contribution in [0.15, 0.2) is 46.0 Å². The van der Waals surface area contributed by atoms with Crippen LogP contribution in [0.1, 0.15) is 6.04 Å². The molecule has 1 fully saturated rings. The number of halogens is 1. The van der Waals surface area contributed by atoms with Crippen LogP contribution in [-0.2, 0) is 10.0 Å². The number of hydrogen-bond donors (Lipinski definition) is 0. The molecule has 1 aromatic carbocycles. The topological polar surface area (TPSA) is 68.1 Å². The molecule has 0 unspecified atom stereocenters. The van der Waals surface area contributed by atoms with Gasteiger partial charge in [-0.3, -0.25) is 0 Å². The van der Waals surface area contributed by atoms with Crippen molar-refractivity contribution in [2.24, 2.45) is 0 Å². The van der Waals surface area contributed by atoms with Crippen LogP contribution in [0.4, 0.5) is 0 Å². The predicted octanol–water partition coefficient (Wildman–Crippen LogP) is 1.29. The van der Waals surface area contributed by atoms with E-state index >= 15 is 0 Å². The highest BCUT2D eigenvalue weighted by Crippen LogP contribution is 2.30. The monoisotopic (exact) mass is 342 g/mol. The molecule has 1 aliphatic rings. The smallest absolute Gasteiger partial charge is 0.207 e. The maximum Gasteiger partial charge on any atom is 0.244 e. The van der Waals surface area contributed by atoms with Gasteiger partial charge in [0.2, 0.25) is 10.0 Å². The zero-order valence-corrected chi connectivity index (χ0v) is 12.2. The highest BCUT2D eigenvalue weighted by atomic mass is 79.9. The minimum atomic E-state index is -3.44. The molecule has 1 aliphatic heterocycles. The summed E-state index contributed by atoms with van der Waals surface area (Å²) >= 11 is 3.27. The first-order valence-electron chi connectivity index (χ1n) is 5.69. The molecule has 0 saturated carbocycles. The molecule has 0 N–H and O–H groups in total. The molecule has 8 heteroatoms. The van der Waals surface area contributed by atoms with Gasteiger partial charge >= 0.3 is 0 Å². The van der Waals surface area contributed by atoms with Gasteiger partial charge in [-0.25, -0.2) is 8.42 Å². The molecule has 0 amide bonds. The van der Waals surface area contributed by atoms with Crippen LogP contribution in [0.2, 0.25) is 0 Å². The van der Waals surface area contributed by atoms with Crippen molar-refractivity contribution in [3.05, 3.63) is 41.1 Å². The highest BCUT2D eigenvalue weighted by Gasteiger charge is 2.39. The van der Waals surface area contributed by atoms with E-state index in [4.69, 9.17) is 0 Å². The second-order valence-corrected chi connectivity index (χ2v) is 7.02. The Bertz CT molecular complexity index is 680. The predicted molar refractivity (Wildman–Crippen MR) is 72.0 cm³/mol. The van der Waals surface area contributed by atoms with Gasteiger partial charge in [-0.2, -0.15) is 19.3 Å². The van der Waals surface area contributed by atoms with E-state index in [1.54, 1.807) is 41.5 Å². The van der Waals surface area contributed by atoms with E-state index in [9.17, 15) is 8.42 Å². The molecule has 1 saturated heterocycles. The van der Waals surface area contributed by atoms with Crippen LogP contribution in [0, 0.1) is 0 Å². The number of nitrogens with zero attached hydrogens (tertiary/aromatic N) is 4. The third-order valence-corrected chi connectivity index (χ3v) is 5.89. The van der Waals surface area contributed by atoms with Gasteiger partial charge in [0.25, 0.3) is 0 Å². The number of hydrogen-bond acceptors (Lipinski definition) is 4. The fraction of sp³-hybridized carbons (Fsp3) is 0.273. The average molecular weight is 343 g/mol. The Hall–Kier alpha value is -1.25. The fourth-order valence-electron chi connectivity index (χ4n) is 1.97. The van der Waals surface area contributed by atoms with Crippen molar-refractivity contribution in [2.75, 3.05) is 13.1 Å². The molecule has 2 aromatic rings. The molecular weight excluding hydrogens is 332 g/mol. The maximum absolute atomic E-state index is 12.4. The fourth-order valence-corrected chi connectivity index (χ4v) is 4.44. The Morgan fingerprint density at radius 2 is 1.79 bits per heavy atom. The molecule has 0 radical (unpaired) electrons. The van der Waals surface area contributed by atoms with E-state index in [2.05, 4.69) is 26.1 Å². The molecule has 0 spiro atoms. The van der Waals surface area contributed by atoms with Gasteiger partial charge in [-0.05, 0) is 28.1 Å². The normalized spacial score (nSPS) is 17.3. The summed E-state index contributed by atoms with van der Waals surface area (Å²) in [7, 11) is -3.44. The van der Waals surface area contributed by atoms with Gasteiger partial charge in [0.1, 0.15) is 0 Å². The van der Waals surface area contributed by atoms with Crippen LogP contribution < -0.4 is 0 Å². The zero-order chi connectivity index (χ0) is 13.5. The summed E-state index contributed by atoms with van der Waals surface area (Å²) in [6.45, 7) is 0.802. The summed E-state index contributed by atoms with van der Waals surface area (Å²) in [6, 6.07) is 6.84. The van der Waals surface area contributed by atoms with Crippen LogP contribution >= 0.6 is 15.9 Å². The number of aromatic nitrogens is 3. The van der Waals surface area contributed by atoms with Gasteiger partial charge < -0.3 is 0 Å². The van der Waals surface area contributed by atoms with Gasteiger partial charge in [0, 0.05) is 17.6 Å². The van der Waals surface area contributed by atoms with Crippen molar-refractivity contribution in [3.8, 4) is 0 Å². The van der Waals surface area contributed by atoms with Crippen molar-refractivity contribution in [1.29, 1.82) is 0 Å². The summed E-state index contributed by atoms with van der Waals surface area (Å²) in [6.07, 6.45) is 3.18. The quantitative estimate of drug-likeness (QED) is 0.842. The van der Waals surface area contributed by atoms with Crippen molar-refractivity contribution in [3.63, 3.8) is 0 Å². The molecule has 0 aliphatic carbocycles. The SMILES string of the molecule is O=S(=O)(c1ccccc1Br)N1CC(n2nccn2)C1. The van der Waals surface area contributed by atoms with Crippen LogP contribution in [0.3, 0.4) is 0 Å². The van der Waals surface area contributed by atoms with Crippen molar-refractivity contribution in [1.82, 2.24) is 19.3 Å². The Balaban J connectivity index is 1.80. The molecule has 0 bridgehead atoms. The first-order chi connectivity index (χ1) is 9.09. The number of rotatable bonds is 3. The third-order valence-electron chi connectivity index (χ3n) is 3.05. The summed E-state index contributed by atoms with van der Waals surface area (Å²) < 4.78 is 26.8. The third kappa shape index (κ3) is 2.19. The summed E-state index contributed by atoms with van der Waals surface area (Å²) in [4.78, 5) is 1.84. The Labute approximate surface area is 119 Å². The minimum absolute atomic E-state index is 0.0206. The lowest BCUT2D eigenvalue weighted by molar-refractivity contribution is 0.175. The van der Waals surface area contributed by atoms with Crippen molar-refractivity contribution >= 4 is 26.0 Å². The summed E-state index contributed by atoms with van der Waals surface area (Å²) in [5.41, 5.74) is 0. The standard InChI is InChI=1S/C11H11BrN4O2S/c12-10-3-1-2-4-11(10)19(17,18)15-7-9(8-15)16-13-5-6-14-16/h1-6,9H,7-8H2. The van der Waals surface area contributed by atoms with E-state index in [0.717, 1.165) is 0 Å². The molecule has 1 aromatic heterocycles. The average Bonchev–Trinajstić information content (AvgIpc) is 2.80. The van der Waals surface area contributed by atoms with Crippen molar-refractivity contribution < 1.29 is 8.42 Å². The van der Waals surface area contributed by atoms with Gasteiger partial charge in [-0.1, -0.05) is 12.1 Å². The maximum atomic E-state index is 12.4. The molecule has 100 valence electrons. The largest absolute Gasteiger partial charge is 0.244 e. The van der Waals surface area contributed by atoms with E-state index < -0.39 is 10.0 Å². The van der Waals surface area contributed by atoms with Gasteiger partial charge in [0.15, 0.2) is 0 Å². The lowest BCUT2D eigenvalue weighted by Gasteiger charge is -2.37. The van der Waals surface area contributed by atoms with Crippen LogP contribution in [0.25, 0.3) is 0 Å².